The lowest BCUT2D eigenvalue weighted by Gasteiger charge is -2.18. The molecule has 1 heterocycles. The normalized spacial score (nSPS) is 12.3. The first-order chi connectivity index (χ1) is 13.2. The van der Waals surface area contributed by atoms with Crippen LogP contribution in [-0.2, 0) is 13.1 Å². The summed E-state index contributed by atoms with van der Waals surface area (Å²) in [4.78, 5) is 4.72. The van der Waals surface area contributed by atoms with Gasteiger partial charge in [0.15, 0.2) is 5.96 Å². The molecular weight excluding hydrogens is 465 g/mol. The highest BCUT2D eigenvalue weighted by molar-refractivity contribution is 14.0. The second-order valence-corrected chi connectivity index (χ2v) is 6.77. The van der Waals surface area contributed by atoms with E-state index in [1.54, 1.807) is 6.20 Å². The van der Waals surface area contributed by atoms with Crippen molar-refractivity contribution < 1.29 is 5.11 Å². The smallest absolute Gasteiger partial charge is 0.191 e. The van der Waals surface area contributed by atoms with E-state index in [9.17, 15) is 5.11 Å². The van der Waals surface area contributed by atoms with Crippen molar-refractivity contribution in [3.8, 4) is 0 Å². The molecule has 156 valence electrons. The van der Waals surface area contributed by atoms with Crippen LogP contribution in [0.25, 0.3) is 0 Å². The second-order valence-electron chi connectivity index (χ2n) is 6.77. The Labute approximate surface area is 185 Å². The summed E-state index contributed by atoms with van der Waals surface area (Å²) in [5, 5.41) is 20.2. The van der Waals surface area contributed by atoms with Crippen LogP contribution in [0.4, 0.5) is 0 Å². The van der Waals surface area contributed by atoms with Gasteiger partial charge in [-0.3, -0.25) is 4.68 Å². The highest BCUT2D eigenvalue weighted by atomic mass is 127. The summed E-state index contributed by atoms with van der Waals surface area (Å²) >= 11 is 0. The number of hydrogen-bond donors (Lipinski definition) is 3. The fraction of sp³-hybridized carbons (Fsp3) is 0.524. The van der Waals surface area contributed by atoms with Crippen LogP contribution in [0.2, 0.25) is 0 Å². The molecule has 1 unspecified atom stereocenters. The minimum absolute atomic E-state index is 0. The monoisotopic (exact) mass is 499 g/mol. The van der Waals surface area contributed by atoms with Crippen molar-refractivity contribution in [2.45, 2.75) is 46.2 Å². The van der Waals surface area contributed by atoms with Crippen LogP contribution in [-0.4, -0.2) is 40.5 Å². The molecule has 0 spiro atoms. The first kappa shape index (κ1) is 24.4. The zero-order valence-corrected chi connectivity index (χ0v) is 19.3. The van der Waals surface area contributed by atoms with E-state index in [1.807, 2.05) is 16.9 Å². The number of nitrogens with one attached hydrogen (secondary N) is 2. The molecule has 7 heteroatoms. The molecule has 0 amide bonds. The van der Waals surface area contributed by atoms with E-state index < -0.39 is 0 Å². The van der Waals surface area contributed by atoms with Crippen molar-refractivity contribution in [1.82, 2.24) is 20.4 Å². The van der Waals surface area contributed by atoms with E-state index in [0.717, 1.165) is 44.9 Å². The molecule has 28 heavy (non-hydrogen) atoms. The Bertz CT molecular complexity index is 669. The third-order valence-corrected chi connectivity index (χ3v) is 4.45. The van der Waals surface area contributed by atoms with Gasteiger partial charge in [-0.1, -0.05) is 37.6 Å². The van der Waals surface area contributed by atoms with Crippen molar-refractivity contribution >= 4 is 29.9 Å². The maximum atomic E-state index is 9.22. The fourth-order valence-corrected chi connectivity index (χ4v) is 3.10. The lowest BCUT2D eigenvalue weighted by molar-refractivity contribution is 0.251. The van der Waals surface area contributed by atoms with Crippen LogP contribution in [0.1, 0.15) is 44.2 Å². The summed E-state index contributed by atoms with van der Waals surface area (Å²) < 4.78 is 1.92. The Kier molecular flexibility index (Phi) is 12.6. The van der Waals surface area contributed by atoms with Crippen LogP contribution in [0.15, 0.2) is 47.7 Å². The van der Waals surface area contributed by atoms with Gasteiger partial charge in [-0.15, -0.1) is 24.0 Å². The molecule has 1 aromatic carbocycles. The third kappa shape index (κ3) is 9.05. The summed E-state index contributed by atoms with van der Waals surface area (Å²) in [6.45, 7) is 7.54. The van der Waals surface area contributed by atoms with Crippen LogP contribution in [0.5, 0.6) is 0 Å². The molecule has 3 N–H and O–H groups in total. The Morgan fingerprint density at radius 1 is 1.18 bits per heavy atom. The topological polar surface area (TPSA) is 74.5 Å². The van der Waals surface area contributed by atoms with Gasteiger partial charge in [0.2, 0.25) is 0 Å². The van der Waals surface area contributed by atoms with Gasteiger partial charge in [0.05, 0.1) is 13.1 Å². The molecule has 0 radical (unpaired) electrons. The van der Waals surface area contributed by atoms with Gasteiger partial charge in [-0.05, 0) is 42.9 Å². The van der Waals surface area contributed by atoms with E-state index >= 15 is 0 Å². The number of aliphatic hydroxyl groups excluding tert-OH is 1. The standard InChI is InChI=1S/C21H33N5O.HI/c1-3-7-18(10-13-27)15-23-21(22-4-2)24-16-19-8-5-9-20(14-19)17-26-12-6-11-25-26;/h5-6,8-9,11-12,14,18,27H,3-4,7,10,13,15-17H2,1-2H3,(H2,22,23,24);1H. The molecular formula is C21H34IN5O. The molecule has 2 aromatic rings. The van der Waals surface area contributed by atoms with Crippen molar-refractivity contribution in [2.75, 3.05) is 19.7 Å². The SMILES string of the molecule is CCCC(CCO)CNC(=NCc1cccc(Cn2cccn2)c1)NCC.I. The largest absolute Gasteiger partial charge is 0.396 e. The molecule has 0 aliphatic carbocycles. The molecule has 6 nitrogen and oxygen atoms in total. The number of halogens is 1. The summed E-state index contributed by atoms with van der Waals surface area (Å²) in [6.07, 6.45) is 6.84. The quantitative estimate of drug-likeness (QED) is 0.252. The number of hydrogen-bond acceptors (Lipinski definition) is 3. The fourth-order valence-electron chi connectivity index (χ4n) is 3.10. The van der Waals surface area contributed by atoms with Gasteiger partial charge in [0.25, 0.3) is 0 Å². The average molecular weight is 499 g/mol. The number of aliphatic hydroxyl groups is 1. The summed E-state index contributed by atoms with van der Waals surface area (Å²) in [5.41, 5.74) is 2.40. The predicted molar refractivity (Wildman–Crippen MR) is 126 cm³/mol. The number of benzene rings is 1. The zero-order valence-electron chi connectivity index (χ0n) is 17.0. The molecule has 0 saturated carbocycles. The van der Waals surface area contributed by atoms with Gasteiger partial charge in [0, 0.05) is 32.1 Å². The number of aliphatic imine (C=N–C) groups is 1. The Balaban J connectivity index is 0.00000392. The zero-order chi connectivity index (χ0) is 19.3. The van der Waals surface area contributed by atoms with E-state index in [1.165, 1.54) is 11.1 Å². The highest BCUT2D eigenvalue weighted by Gasteiger charge is 2.08. The maximum Gasteiger partial charge on any atom is 0.191 e. The lowest BCUT2D eigenvalue weighted by atomic mass is 10.0. The van der Waals surface area contributed by atoms with Gasteiger partial charge in [-0.2, -0.15) is 5.10 Å². The first-order valence-corrected chi connectivity index (χ1v) is 9.93. The van der Waals surface area contributed by atoms with Crippen molar-refractivity contribution in [3.05, 3.63) is 53.9 Å². The van der Waals surface area contributed by atoms with Crippen molar-refractivity contribution in [2.24, 2.45) is 10.9 Å². The van der Waals surface area contributed by atoms with Gasteiger partial charge < -0.3 is 15.7 Å². The number of guanidine groups is 1. The van der Waals surface area contributed by atoms with E-state index in [-0.39, 0.29) is 30.6 Å². The Morgan fingerprint density at radius 3 is 2.68 bits per heavy atom. The minimum Gasteiger partial charge on any atom is -0.396 e. The molecule has 1 atom stereocenters. The van der Waals surface area contributed by atoms with Crippen LogP contribution in [0.3, 0.4) is 0 Å². The number of aromatic nitrogens is 2. The first-order valence-electron chi connectivity index (χ1n) is 9.93. The Hall–Kier alpha value is -1.61. The van der Waals surface area contributed by atoms with Gasteiger partial charge in [0.1, 0.15) is 0 Å². The number of nitrogens with zero attached hydrogens (tertiary/aromatic N) is 3. The summed E-state index contributed by atoms with van der Waals surface area (Å²) in [7, 11) is 0. The van der Waals surface area contributed by atoms with Crippen LogP contribution < -0.4 is 10.6 Å². The highest BCUT2D eigenvalue weighted by Crippen LogP contribution is 2.10. The van der Waals surface area contributed by atoms with E-state index in [4.69, 9.17) is 4.99 Å². The van der Waals surface area contributed by atoms with Gasteiger partial charge in [-0.25, -0.2) is 4.99 Å². The molecule has 1 aromatic heterocycles. The molecule has 0 aliphatic heterocycles. The number of rotatable bonds is 11. The summed E-state index contributed by atoms with van der Waals surface area (Å²) in [6, 6.07) is 10.4. The van der Waals surface area contributed by atoms with Crippen LogP contribution in [0, 0.1) is 5.92 Å². The van der Waals surface area contributed by atoms with Gasteiger partial charge >= 0.3 is 0 Å². The molecule has 0 aliphatic rings. The van der Waals surface area contributed by atoms with E-state index in [0.29, 0.717) is 12.5 Å². The molecule has 0 fully saturated rings. The predicted octanol–water partition coefficient (Wildman–Crippen LogP) is 3.40. The van der Waals surface area contributed by atoms with E-state index in [2.05, 4.69) is 53.8 Å². The average Bonchev–Trinajstić information content (AvgIpc) is 3.17. The summed E-state index contributed by atoms with van der Waals surface area (Å²) in [5.74, 6) is 1.30. The van der Waals surface area contributed by atoms with Crippen molar-refractivity contribution in [1.29, 1.82) is 0 Å². The maximum absolute atomic E-state index is 9.22. The van der Waals surface area contributed by atoms with Crippen molar-refractivity contribution in [3.63, 3.8) is 0 Å². The third-order valence-electron chi connectivity index (χ3n) is 4.45. The molecule has 0 bridgehead atoms. The van der Waals surface area contributed by atoms with Crippen LogP contribution >= 0.6 is 24.0 Å². The minimum atomic E-state index is 0. The molecule has 0 saturated heterocycles. The molecule has 2 rings (SSSR count). The second kappa shape index (κ2) is 14.4. The lowest BCUT2D eigenvalue weighted by Crippen LogP contribution is -2.40. The Morgan fingerprint density at radius 2 is 2.00 bits per heavy atom.